The van der Waals surface area contributed by atoms with Gasteiger partial charge in [-0.15, -0.1) is 0 Å². The molecule has 0 aliphatic rings. The Balaban J connectivity index is 1.56. The number of nitrogens with one attached hydrogen (secondary N) is 1. The van der Waals surface area contributed by atoms with Crippen LogP contribution in [0.1, 0.15) is 11.5 Å². The summed E-state index contributed by atoms with van der Waals surface area (Å²) < 4.78 is 5.50. The molecule has 2 aromatic carbocycles. The molecule has 0 aliphatic heterocycles. The highest BCUT2D eigenvalue weighted by Gasteiger charge is 2.09. The minimum Gasteiger partial charge on any atom is -0.441 e. The van der Waals surface area contributed by atoms with E-state index >= 15 is 0 Å². The first-order chi connectivity index (χ1) is 11.7. The van der Waals surface area contributed by atoms with E-state index in [9.17, 15) is 4.79 Å². The summed E-state index contributed by atoms with van der Waals surface area (Å²) in [6.07, 6.45) is 2.04. The number of rotatable bonds is 3. The van der Waals surface area contributed by atoms with E-state index in [4.69, 9.17) is 4.42 Å². The first-order valence-corrected chi connectivity index (χ1v) is 7.69. The van der Waals surface area contributed by atoms with Gasteiger partial charge in [0.1, 0.15) is 5.52 Å². The van der Waals surface area contributed by atoms with Crippen LogP contribution in [-0.2, 0) is 11.2 Å². The number of oxazole rings is 1. The highest BCUT2D eigenvalue weighted by Crippen LogP contribution is 2.21. The zero-order chi connectivity index (χ0) is 16.5. The Kier molecular flexibility index (Phi) is 3.46. The van der Waals surface area contributed by atoms with Crippen molar-refractivity contribution in [1.82, 2.24) is 9.97 Å². The summed E-state index contributed by atoms with van der Waals surface area (Å²) in [5.74, 6) is 0.527. The van der Waals surface area contributed by atoms with Crippen LogP contribution in [0, 0.1) is 6.92 Å². The van der Waals surface area contributed by atoms with Crippen molar-refractivity contribution in [3.8, 4) is 0 Å². The maximum atomic E-state index is 12.4. The maximum absolute atomic E-state index is 12.4. The van der Waals surface area contributed by atoms with Crippen molar-refractivity contribution in [2.75, 3.05) is 5.32 Å². The number of carbonyl (C=O) groups excluding carboxylic acids is 1. The number of hydrogen-bond acceptors (Lipinski definition) is 4. The van der Waals surface area contributed by atoms with Crippen molar-refractivity contribution < 1.29 is 9.21 Å². The van der Waals surface area contributed by atoms with E-state index in [0.29, 0.717) is 17.2 Å². The number of carbonyl (C=O) groups is 1. The molecule has 5 nitrogen and oxygen atoms in total. The number of nitrogens with zero attached hydrogens (tertiary/aromatic N) is 2. The minimum atomic E-state index is -0.0815. The van der Waals surface area contributed by atoms with Crippen LogP contribution in [0.3, 0.4) is 0 Å². The molecule has 1 N–H and O–H groups in total. The largest absolute Gasteiger partial charge is 0.441 e. The second-order valence-electron chi connectivity index (χ2n) is 5.63. The molecular formula is C19H15N3O2. The second kappa shape index (κ2) is 5.77. The molecule has 0 unspecified atom stereocenters. The van der Waals surface area contributed by atoms with Crippen molar-refractivity contribution >= 4 is 33.6 Å². The zero-order valence-corrected chi connectivity index (χ0v) is 13.1. The molecule has 0 bridgehead atoms. The molecule has 4 rings (SSSR count). The van der Waals surface area contributed by atoms with Crippen LogP contribution in [-0.4, -0.2) is 15.9 Å². The van der Waals surface area contributed by atoms with Gasteiger partial charge in [0.15, 0.2) is 11.5 Å². The number of fused-ring (bicyclic) bond motifs is 2. The van der Waals surface area contributed by atoms with Gasteiger partial charge in [-0.1, -0.05) is 18.2 Å². The van der Waals surface area contributed by atoms with Gasteiger partial charge in [-0.05, 0) is 29.8 Å². The Morgan fingerprint density at radius 2 is 2.04 bits per heavy atom. The van der Waals surface area contributed by atoms with E-state index in [2.05, 4.69) is 15.3 Å². The van der Waals surface area contributed by atoms with E-state index in [1.807, 2.05) is 42.5 Å². The summed E-state index contributed by atoms with van der Waals surface area (Å²) in [5.41, 5.74) is 3.99. The van der Waals surface area contributed by atoms with E-state index < -0.39 is 0 Å². The molecule has 2 heterocycles. The Morgan fingerprint density at radius 1 is 1.12 bits per heavy atom. The van der Waals surface area contributed by atoms with Crippen LogP contribution in [0.4, 0.5) is 5.69 Å². The van der Waals surface area contributed by atoms with Gasteiger partial charge in [0.2, 0.25) is 5.91 Å². The van der Waals surface area contributed by atoms with Crippen LogP contribution < -0.4 is 5.32 Å². The van der Waals surface area contributed by atoms with E-state index in [-0.39, 0.29) is 12.3 Å². The first-order valence-electron chi connectivity index (χ1n) is 7.69. The van der Waals surface area contributed by atoms with Crippen LogP contribution >= 0.6 is 0 Å². The lowest BCUT2D eigenvalue weighted by atomic mass is 10.1. The molecule has 1 amide bonds. The third-order valence-corrected chi connectivity index (χ3v) is 3.87. The summed E-state index contributed by atoms with van der Waals surface area (Å²) in [5, 5.41) is 3.91. The highest BCUT2D eigenvalue weighted by atomic mass is 16.3. The van der Waals surface area contributed by atoms with Crippen molar-refractivity contribution in [1.29, 1.82) is 0 Å². The fourth-order valence-electron chi connectivity index (χ4n) is 2.82. The van der Waals surface area contributed by atoms with Gasteiger partial charge in [0.05, 0.1) is 11.9 Å². The fourth-order valence-corrected chi connectivity index (χ4v) is 2.82. The Hall–Kier alpha value is -3.21. The molecule has 0 spiro atoms. The van der Waals surface area contributed by atoms with Gasteiger partial charge in [-0.3, -0.25) is 9.78 Å². The summed E-state index contributed by atoms with van der Waals surface area (Å²) in [4.78, 5) is 21.0. The third kappa shape index (κ3) is 2.72. The lowest BCUT2D eigenvalue weighted by Crippen LogP contribution is -2.14. The number of aryl methyl sites for hydroxylation is 1. The Morgan fingerprint density at radius 3 is 2.96 bits per heavy atom. The topological polar surface area (TPSA) is 68.0 Å². The normalized spacial score (nSPS) is 11.0. The molecule has 118 valence electrons. The lowest BCUT2D eigenvalue weighted by molar-refractivity contribution is -0.115. The molecule has 0 radical (unpaired) electrons. The van der Waals surface area contributed by atoms with Crippen molar-refractivity contribution in [2.45, 2.75) is 13.3 Å². The molecular weight excluding hydrogens is 302 g/mol. The average Bonchev–Trinajstić information content (AvgIpc) is 2.94. The van der Waals surface area contributed by atoms with Crippen molar-refractivity contribution in [3.63, 3.8) is 0 Å². The second-order valence-corrected chi connectivity index (χ2v) is 5.63. The molecule has 0 saturated heterocycles. The summed E-state index contributed by atoms with van der Waals surface area (Å²) >= 11 is 0. The van der Waals surface area contributed by atoms with Gasteiger partial charge in [0, 0.05) is 30.3 Å². The Bertz CT molecular complexity index is 1050. The first kappa shape index (κ1) is 14.4. The number of amides is 1. The van der Waals surface area contributed by atoms with Crippen LogP contribution in [0.2, 0.25) is 0 Å². The molecule has 0 saturated carbocycles. The average molecular weight is 317 g/mol. The summed E-state index contributed by atoms with van der Waals surface area (Å²) in [6.45, 7) is 1.80. The summed E-state index contributed by atoms with van der Waals surface area (Å²) in [6, 6.07) is 15.1. The molecule has 0 atom stereocenters. The van der Waals surface area contributed by atoms with Crippen LogP contribution in [0.25, 0.3) is 22.0 Å². The number of hydrogen-bond donors (Lipinski definition) is 1. The third-order valence-electron chi connectivity index (χ3n) is 3.87. The predicted molar refractivity (Wildman–Crippen MR) is 92.8 cm³/mol. The molecule has 0 fully saturated rings. The predicted octanol–water partition coefficient (Wildman–Crippen LogP) is 3.87. The molecule has 24 heavy (non-hydrogen) atoms. The molecule has 2 aromatic heterocycles. The number of benzene rings is 2. The van der Waals surface area contributed by atoms with E-state index in [0.717, 1.165) is 22.0 Å². The molecule has 5 heteroatoms. The monoisotopic (exact) mass is 317 g/mol. The maximum Gasteiger partial charge on any atom is 0.228 e. The molecule has 4 aromatic rings. The quantitative estimate of drug-likeness (QED) is 0.623. The van der Waals surface area contributed by atoms with E-state index in [1.165, 1.54) is 0 Å². The lowest BCUT2D eigenvalue weighted by Gasteiger charge is -2.07. The SMILES string of the molecule is Cc1nc2ccc(NC(=O)Cc3cccc4ncccc34)cc2o1. The van der Waals surface area contributed by atoms with Crippen molar-refractivity contribution in [3.05, 3.63) is 66.2 Å². The minimum absolute atomic E-state index is 0.0815. The Labute approximate surface area is 138 Å². The van der Waals surface area contributed by atoms with Crippen molar-refractivity contribution in [2.24, 2.45) is 0 Å². The number of pyridine rings is 1. The van der Waals surface area contributed by atoms with Gasteiger partial charge in [0.25, 0.3) is 0 Å². The fraction of sp³-hybridized carbons (Fsp3) is 0.105. The smallest absolute Gasteiger partial charge is 0.228 e. The highest BCUT2D eigenvalue weighted by molar-refractivity contribution is 5.96. The number of aromatic nitrogens is 2. The zero-order valence-electron chi connectivity index (χ0n) is 13.1. The van der Waals surface area contributed by atoms with Crippen LogP contribution in [0.5, 0.6) is 0 Å². The summed E-state index contributed by atoms with van der Waals surface area (Å²) in [7, 11) is 0. The van der Waals surface area contributed by atoms with Gasteiger partial charge in [-0.2, -0.15) is 0 Å². The van der Waals surface area contributed by atoms with Crippen LogP contribution in [0.15, 0.2) is 59.1 Å². The molecule has 0 aliphatic carbocycles. The van der Waals surface area contributed by atoms with Gasteiger partial charge in [-0.25, -0.2) is 4.98 Å². The van der Waals surface area contributed by atoms with Gasteiger partial charge < -0.3 is 9.73 Å². The number of anilines is 1. The van der Waals surface area contributed by atoms with Gasteiger partial charge >= 0.3 is 0 Å². The standard InChI is InChI=1S/C19H15N3O2/c1-12-21-17-8-7-14(11-18(17)24-12)22-19(23)10-13-4-2-6-16-15(13)5-3-9-20-16/h2-9,11H,10H2,1H3,(H,22,23). The van der Waals surface area contributed by atoms with E-state index in [1.54, 1.807) is 19.2 Å².